The predicted molar refractivity (Wildman–Crippen MR) is 103 cm³/mol. The molecule has 1 fully saturated rings. The Bertz CT molecular complexity index is 685. The fourth-order valence-corrected chi connectivity index (χ4v) is 3.10. The number of nitrogens with one attached hydrogen (secondary N) is 1. The smallest absolute Gasteiger partial charge is 0.253 e. The normalized spacial score (nSPS) is 16.9. The van der Waals surface area contributed by atoms with Crippen molar-refractivity contribution >= 4 is 29.4 Å². The van der Waals surface area contributed by atoms with Gasteiger partial charge in [-0.1, -0.05) is 20.8 Å². The van der Waals surface area contributed by atoms with E-state index in [0.717, 1.165) is 4.90 Å². The Morgan fingerprint density at radius 2 is 1.69 bits per heavy atom. The van der Waals surface area contributed by atoms with Gasteiger partial charge in [0, 0.05) is 50.2 Å². The maximum Gasteiger partial charge on any atom is 0.253 e. The third kappa shape index (κ3) is 6.49. The summed E-state index contributed by atoms with van der Waals surface area (Å²) in [5.74, 6) is -1.03. The molecule has 0 atom stereocenters. The molecule has 0 spiro atoms. The van der Waals surface area contributed by atoms with Gasteiger partial charge in [-0.15, -0.1) is 0 Å². The van der Waals surface area contributed by atoms with Gasteiger partial charge in [-0.2, -0.15) is 0 Å². The Labute approximate surface area is 170 Å². The molecule has 4 amide bonds. The third-order valence-electron chi connectivity index (χ3n) is 4.84. The maximum absolute atomic E-state index is 12.1. The molecule has 9 heteroatoms. The molecule has 2 aliphatic rings. The molecule has 2 aliphatic heterocycles. The summed E-state index contributed by atoms with van der Waals surface area (Å²) in [5, 5.41) is 2.64. The summed E-state index contributed by atoms with van der Waals surface area (Å²) in [6.07, 6.45) is 2.62. The summed E-state index contributed by atoms with van der Waals surface area (Å²) in [5.41, 5.74) is -0.385. The summed E-state index contributed by atoms with van der Waals surface area (Å²) in [6.45, 7) is 7.42. The first kappa shape index (κ1) is 22.7. The van der Waals surface area contributed by atoms with E-state index in [9.17, 15) is 24.0 Å². The lowest BCUT2D eigenvalue weighted by Gasteiger charge is -2.40. The van der Waals surface area contributed by atoms with Crippen LogP contribution >= 0.6 is 0 Å². The Morgan fingerprint density at radius 1 is 1.07 bits per heavy atom. The van der Waals surface area contributed by atoms with Crippen LogP contribution in [-0.4, -0.2) is 78.6 Å². The number of carbonyl (C=O) groups is 5. The number of ketones is 1. The van der Waals surface area contributed by atoms with E-state index in [4.69, 9.17) is 4.74 Å². The first-order valence-corrected chi connectivity index (χ1v) is 9.79. The number of carbonyl (C=O) groups excluding carboxylic acids is 5. The number of hydrogen-bond donors (Lipinski definition) is 1. The van der Waals surface area contributed by atoms with E-state index in [-0.39, 0.29) is 68.1 Å². The third-order valence-corrected chi connectivity index (χ3v) is 4.84. The van der Waals surface area contributed by atoms with Gasteiger partial charge in [0.05, 0.1) is 25.6 Å². The predicted octanol–water partition coefficient (Wildman–Crippen LogP) is -0.102. The second-order valence-electron chi connectivity index (χ2n) is 8.23. The number of ether oxygens (including phenoxy) is 1. The molecule has 0 saturated carbocycles. The van der Waals surface area contributed by atoms with Crippen LogP contribution in [-0.2, 0) is 28.7 Å². The van der Waals surface area contributed by atoms with Gasteiger partial charge in [0.1, 0.15) is 5.78 Å². The van der Waals surface area contributed by atoms with Crippen LogP contribution in [0.15, 0.2) is 12.2 Å². The standard InChI is InChI=1S/C20H29N3O6/c1-20(2,3)19(28)14-12-22(13-14)16(25)7-10-29-11-8-21-15(24)6-9-23-17(26)4-5-18(23)27/h4-5,14H,6-13H2,1-3H3,(H,21,24). The number of imide groups is 1. The van der Waals surface area contributed by atoms with Crippen LogP contribution in [0.2, 0.25) is 0 Å². The number of nitrogens with zero attached hydrogens (tertiary/aromatic N) is 2. The lowest BCUT2D eigenvalue weighted by atomic mass is 9.79. The van der Waals surface area contributed by atoms with Crippen LogP contribution in [0.3, 0.4) is 0 Å². The van der Waals surface area contributed by atoms with Gasteiger partial charge < -0.3 is 15.0 Å². The molecule has 0 unspecified atom stereocenters. The first-order valence-electron chi connectivity index (χ1n) is 9.79. The Kier molecular flexibility index (Phi) is 7.66. The highest BCUT2D eigenvalue weighted by Gasteiger charge is 2.39. The van der Waals surface area contributed by atoms with E-state index < -0.39 is 11.8 Å². The zero-order chi connectivity index (χ0) is 21.6. The minimum atomic E-state index is -0.410. The minimum absolute atomic E-state index is 0.0288. The molecule has 1 saturated heterocycles. The number of hydrogen-bond acceptors (Lipinski definition) is 6. The molecule has 1 N–H and O–H groups in total. The topological polar surface area (TPSA) is 113 Å². The van der Waals surface area contributed by atoms with Crippen LogP contribution in [0, 0.1) is 11.3 Å². The zero-order valence-electron chi connectivity index (χ0n) is 17.2. The second-order valence-corrected chi connectivity index (χ2v) is 8.23. The molecule has 29 heavy (non-hydrogen) atoms. The van der Waals surface area contributed by atoms with Gasteiger partial charge in [-0.3, -0.25) is 28.9 Å². The van der Waals surface area contributed by atoms with Gasteiger partial charge in [0.2, 0.25) is 11.8 Å². The Hall–Kier alpha value is -2.55. The van der Waals surface area contributed by atoms with E-state index in [2.05, 4.69) is 5.32 Å². The van der Waals surface area contributed by atoms with Crippen molar-refractivity contribution < 1.29 is 28.7 Å². The molecule has 0 aromatic carbocycles. The fourth-order valence-electron chi connectivity index (χ4n) is 3.10. The van der Waals surface area contributed by atoms with Crippen LogP contribution in [0.5, 0.6) is 0 Å². The molecule has 2 rings (SSSR count). The Morgan fingerprint density at radius 3 is 2.28 bits per heavy atom. The van der Waals surface area contributed by atoms with Crippen molar-refractivity contribution in [3.8, 4) is 0 Å². The average molecular weight is 407 g/mol. The largest absolute Gasteiger partial charge is 0.379 e. The van der Waals surface area contributed by atoms with Crippen molar-refractivity contribution in [3.05, 3.63) is 12.2 Å². The van der Waals surface area contributed by atoms with Crippen LogP contribution < -0.4 is 5.32 Å². The van der Waals surface area contributed by atoms with E-state index in [1.165, 1.54) is 12.2 Å². The first-order chi connectivity index (χ1) is 13.6. The van der Waals surface area contributed by atoms with E-state index >= 15 is 0 Å². The zero-order valence-corrected chi connectivity index (χ0v) is 17.2. The summed E-state index contributed by atoms with van der Waals surface area (Å²) >= 11 is 0. The van der Waals surface area contributed by atoms with Crippen molar-refractivity contribution in [2.24, 2.45) is 11.3 Å². The molecule has 0 radical (unpaired) electrons. The molecule has 0 aromatic rings. The SMILES string of the molecule is CC(C)(C)C(=O)C1CN(C(=O)CCOCCNC(=O)CCN2C(=O)C=CC2=O)C1. The fraction of sp³-hybridized carbons (Fsp3) is 0.650. The van der Waals surface area contributed by atoms with Crippen LogP contribution in [0.25, 0.3) is 0 Å². The molecule has 0 bridgehead atoms. The summed E-state index contributed by atoms with van der Waals surface area (Å²) < 4.78 is 5.36. The van der Waals surface area contributed by atoms with E-state index in [1.807, 2.05) is 20.8 Å². The van der Waals surface area contributed by atoms with Gasteiger partial charge in [-0.25, -0.2) is 0 Å². The number of Topliss-reactive ketones (excluding diaryl/α,β-unsaturated/α-hetero) is 1. The molecule has 160 valence electrons. The van der Waals surface area contributed by atoms with Gasteiger partial charge in [0.15, 0.2) is 0 Å². The molecule has 0 aromatic heterocycles. The molecular formula is C20H29N3O6. The molecule has 2 heterocycles. The number of likely N-dealkylation sites (tertiary alicyclic amines) is 1. The second kappa shape index (κ2) is 9.78. The van der Waals surface area contributed by atoms with Crippen molar-refractivity contribution in [3.63, 3.8) is 0 Å². The van der Waals surface area contributed by atoms with Crippen molar-refractivity contribution in [1.29, 1.82) is 0 Å². The number of amides is 4. The highest BCUT2D eigenvalue weighted by Crippen LogP contribution is 2.27. The van der Waals surface area contributed by atoms with Gasteiger partial charge in [0.25, 0.3) is 11.8 Å². The quantitative estimate of drug-likeness (QED) is 0.400. The van der Waals surface area contributed by atoms with E-state index in [0.29, 0.717) is 13.1 Å². The van der Waals surface area contributed by atoms with Crippen molar-refractivity contribution in [2.75, 3.05) is 39.4 Å². The van der Waals surface area contributed by atoms with Gasteiger partial charge >= 0.3 is 0 Å². The maximum atomic E-state index is 12.1. The highest BCUT2D eigenvalue weighted by atomic mass is 16.5. The minimum Gasteiger partial charge on any atom is -0.379 e. The summed E-state index contributed by atoms with van der Waals surface area (Å²) in [7, 11) is 0. The Balaban J connectivity index is 1.48. The van der Waals surface area contributed by atoms with Crippen LogP contribution in [0.4, 0.5) is 0 Å². The van der Waals surface area contributed by atoms with E-state index in [1.54, 1.807) is 4.90 Å². The number of rotatable bonds is 10. The highest BCUT2D eigenvalue weighted by molar-refractivity contribution is 6.13. The summed E-state index contributed by atoms with van der Waals surface area (Å²) in [6, 6.07) is 0. The molecule has 0 aliphatic carbocycles. The lowest BCUT2D eigenvalue weighted by molar-refractivity contribution is -0.146. The summed E-state index contributed by atoms with van der Waals surface area (Å²) in [4.78, 5) is 61.3. The van der Waals surface area contributed by atoms with Crippen LogP contribution in [0.1, 0.15) is 33.6 Å². The molecule has 9 nitrogen and oxygen atoms in total. The molecular weight excluding hydrogens is 378 g/mol. The van der Waals surface area contributed by atoms with Gasteiger partial charge in [-0.05, 0) is 0 Å². The van der Waals surface area contributed by atoms with Crippen molar-refractivity contribution in [2.45, 2.75) is 33.6 Å². The average Bonchev–Trinajstić information content (AvgIpc) is 2.92. The monoisotopic (exact) mass is 407 g/mol. The van der Waals surface area contributed by atoms with Crippen molar-refractivity contribution in [1.82, 2.24) is 15.1 Å². The lowest BCUT2D eigenvalue weighted by Crippen LogP contribution is -2.55.